The summed E-state index contributed by atoms with van der Waals surface area (Å²) >= 11 is 0. The average molecular weight is 912 g/mol. The van der Waals surface area contributed by atoms with Gasteiger partial charge < -0.3 is 13.6 Å². The zero-order valence-electron chi connectivity index (χ0n) is 40.2. The number of amides is 1. The molecule has 0 saturated carbocycles. The Morgan fingerprint density at radius 3 is 1.23 bits per heavy atom. The van der Waals surface area contributed by atoms with E-state index in [1.165, 1.54) is 33.4 Å². The van der Waals surface area contributed by atoms with E-state index in [0.29, 0.717) is 19.8 Å². The monoisotopic (exact) mass is 911 g/mol. The van der Waals surface area contributed by atoms with Crippen molar-refractivity contribution in [1.29, 1.82) is 0 Å². The van der Waals surface area contributed by atoms with Crippen molar-refractivity contribution in [1.82, 2.24) is 4.90 Å². The van der Waals surface area contributed by atoms with E-state index >= 15 is 0 Å². The van der Waals surface area contributed by atoms with Crippen molar-refractivity contribution in [3.05, 3.63) is 227 Å². The van der Waals surface area contributed by atoms with Gasteiger partial charge in [-0.15, -0.1) is 0 Å². The Bertz CT molecular complexity index is 2320. The number of fused-ring (bicyclic) bond motifs is 1. The molecule has 6 aromatic carbocycles. The van der Waals surface area contributed by atoms with Gasteiger partial charge in [-0.05, 0) is 111 Å². The lowest BCUT2D eigenvalue weighted by Gasteiger charge is -2.49. The Balaban J connectivity index is 1.22. The Morgan fingerprint density at radius 1 is 0.530 bits per heavy atom. The summed E-state index contributed by atoms with van der Waals surface area (Å²) in [7, 11) is -5.63. The molecule has 1 saturated heterocycles. The number of hydrogen-bond donors (Lipinski definition) is 0. The van der Waals surface area contributed by atoms with Gasteiger partial charge in [-0.25, -0.2) is 4.79 Å². The topological polar surface area (TPSA) is 48.0 Å². The van der Waals surface area contributed by atoms with Gasteiger partial charge in [0.2, 0.25) is 16.6 Å². The van der Waals surface area contributed by atoms with Gasteiger partial charge in [-0.1, -0.05) is 194 Å². The Morgan fingerprint density at radius 2 is 0.879 bits per heavy atom. The molecule has 1 amide bonds. The normalized spacial score (nSPS) is 18.4. The van der Waals surface area contributed by atoms with Crippen LogP contribution in [-0.2, 0) is 23.7 Å². The number of carbonyl (C=O) groups excluding carboxylic acids is 1. The fourth-order valence-corrected chi connectivity index (χ4v) is 18.4. The third-order valence-corrected chi connectivity index (χ3v) is 21.7. The van der Waals surface area contributed by atoms with E-state index in [1.807, 2.05) is 25.7 Å². The minimum absolute atomic E-state index is 0.0872. The van der Waals surface area contributed by atoms with Crippen molar-refractivity contribution in [2.75, 3.05) is 19.8 Å². The maximum absolute atomic E-state index is 14.1. The second kappa shape index (κ2) is 19.9. The average Bonchev–Trinajstić information content (AvgIpc) is 3.55. The van der Waals surface area contributed by atoms with Crippen molar-refractivity contribution in [2.24, 2.45) is 17.8 Å². The van der Waals surface area contributed by atoms with Crippen LogP contribution in [0.2, 0.25) is 26.2 Å². The number of benzene rings is 6. The van der Waals surface area contributed by atoms with Crippen LogP contribution in [0.4, 0.5) is 4.79 Å². The minimum atomic E-state index is -2.84. The molecule has 1 heterocycles. The molecule has 1 aliphatic carbocycles. The van der Waals surface area contributed by atoms with E-state index in [4.69, 9.17) is 13.6 Å². The van der Waals surface area contributed by atoms with Crippen LogP contribution in [0.1, 0.15) is 79.8 Å². The molecule has 2 aliphatic rings. The third-order valence-electron chi connectivity index (χ3n) is 14.5. The number of nitrogens with zero attached hydrogens (tertiary/aromatic N) is 1. The van der Waals surface area contributed by atoms with E-state index in [2.05, 4.69) is 214 Å². The minimum Gasteiger partial charge on any atom is -0.443 e. The van der Waals surface area contributed by atoms with Crippen LogP contribution < -0.4 is 0 Å². The van der Waals surface area contributed by atoms with Gasteiger partial charge in [0.1, 0.15) is 5.60 Å². The third kappa shape index (κ3) is 9.20. The van der Waals surface area contributed by atoms with Crippen LogP contribution >= 0.6 is 0 Å². The molecular weight excluding hydrogens is 843 g/mol. The molecule has 1 fully saturated rings. The second-order valence-electron chi connectivity index (χ2n) is 20.4. The largest absolute Gasteiger partial charge is 0.443 e. The van der Waals surface area contributed by atoms with Gasteiger partial charge in [0.25, 0.3) is 0 Å². The van der Waals surface area contributed by atoms with Gasteiger partial charge in [0.05, 0.1) is 10.1 Å². The number of allylic oxidation sites excluding steroid dienone is 2. The van der Waals surface area contributed by atoms with E-state index < -0.39 is 32.3 Å². The molecule has 0 aromatic heterocycles. The highest BCUT2D eigenvalue weighted by Crippen LogP contribution is 2.51. The molecule has 0 N–H and O–H groups in total. The molecular formula is C59H69NO4Si2. The molecule has 7 heteroatoms. The lowest BCUT2D eigenvalue weighted by molar-refractivity contribution is 0.0247. The summed E-state index contributed by atoms with van der Waals surface area (Å²) in [6.45, 7) is 17.3. The first-order valence-corrected chi connectivity index (χ1v) is 29.9. The number of likely N-dealkylation sites (tertiary alicyclic amines) is 1. The highest BCUT2D eigenvalue weighted by atomic mass is 28.4. The molecule has 6 aromatic rings. The number of hydrogen-bond acceptors (Lipinski definition) is 4. The summed E-state index contributed by atoms with van der Waals surface area (Å²) in [5.41, 5.74) is 7.93. The summed E-state index contributed by atoms with van der Waals surface area (Å²) in [6.07, 6.45) is 5.79. The van der Waals surface area contributed by atoms with Gasteiger partial charge >= 0.3 is 6.09 Å². The molecule has 0 radical (unpaired) electrons. The highest BCUT2D eigenvalue weighted by Gasteiger charge is 2.55. The van der Waals surface area contributed by atoms with Crippen LogP contribution in [-0.4, -0.2) is 53.0 Å². The lowest BCUT2D eigenvalue weighted by atomic mass is 9.73. The molecule has 1 aliphatic heterocycles. The summed E-state index contributed by atoms with van der Waals surface area (Å²) in [6, 6.07) is 66.0. The molecule has 0 unspecified atom stereocenters. The smallest absolute Gasteiger partial charge is 0.414 e. The Labute approximate surface area is 397 Å². The Hall–Kier alpha value is -5.32. The summed E-state index contributed by atoms with van der Waals surface area (Å²) < 4.78 is 21.7. The zero-order valence-corrected chi connectivity index (χ0v) is 42.2. The quantitative estimate of drug-likeness (QED) is 0.0807. The SMILES string of the molecule is CC(C)(C)OC(=O)N1CCCC[C@@H]2C1=CC[C@H](CO[Si](C)(C)C(c1ccccc1)(c1ccccc1)c1ccccc1)[C@H]2CO[Si](C)(C)C(c1ccccc1)(c1ccccc1)c1ccccc1. The number of ether oxygens (including phenoxy) is 1. The molecule has 0 spiro atoms. The fraction of sp³-hybridized carbons (Fsp3) is 0.339. The predicted octanol–water partition coefficient (Wildman–Crippen LogP) is 14.1. The van der Waals surface area contributed by atoms with Crippen LogP contribution in [0, 0.1) is 17.8 Å². The van der Waals surface area contributed by atoms with E-state index in [1.54, 1.807) is 0 Å². The van der Waals surface area contributed by atoms with Crippen molar-refractivity contribution in [2.45, 2.75) is 88.3 Å². The summed E-state index contributed by atoms with van der Waals surface area (Å²) in [5.74, 6) is 0.330. The molecule has 8 rings (SSSR count). The van der Waals surface area contributed by atoms with Crippen molar-refractivity contribution in [3.63, 3.8) is 0 Å². The standard InChI is InChI=1S/C59H69NO4Si2/c1-57(2,3)64-56(61)60-43-27-26-40-53-54(45-63-66(6,7)59(50-34-20-11-21-35-50,51-36-22-12-23-37-51)52-38-24-13-25-39-52)46(41-42-55(53)60)44-62-65(4,5)58(47-28-14-8-15-29-47,48-30-16-9-17-31-48)49-32-18-10-19-33-49/h8-25,28-39,42,46,53-54H,26-27,40-41,43-45H2,1-7H3/t46-,53+,54-/m1/s1. The van der Waals surface area contributed by atoms with Gasteiger partial charge in [0.15, 0.2) is 0 Å². The molecule has 66 heavy (non-hydrogen) atoms. The van der Waals surface area contributed by atoms with Gasteiger partial charge in [-0.3, -0.25) is 4.90 Å². The molecule has 0 bridgehead atoms. The Kier molecular flexibility index (Phi) is 14.2. The number of carbonyl (C=O) groups is 1. The van der Waals surface area contributed by atoms with Crippen LogP contribution in [0.3, 0.4) is 0 Å². The molecule has 5 nitrogen and oxygen atoms in total. The first-order valence-electron chi connectivity index (χ1n) is 24.1. The summed E-state index contributed by atoms with van der Waals surface area (Å²) in [4.78, 5) is 16.1. The lowest BCUT2D eigenvalue weighted by Crippen LogP contribution is -2.57. The first-order chi connectivity index (χ1) is 31.8. The van der Waals surface area contributed by atoms with E-state index in [0.717, 1.165) is 31.4 Å². The second-order valence-corrected chi connectivity index (χ2v) is 28.5. The molecule has 342 valence electrons. The fourth-order valence-electron chi connectivity index (χ4n) is 11.6. The number of rotatable bonds is 14. The van der Waals surface area contributed by atoms with Gasteiger partial charge in [0, 0.05) is 31.4 Å². The van der Waals surface area contributed by atoms with Crippen LogP contribution in [0.25, 0.3) is 0 Å². The predicted molar refractivity (Wildman–Crippen MR) is 275 cm³/mol. The van der Waals surface area contributed by atoms with Gasteiger partial charge in [-0.2, -0.15) is 0 Å². The first kappa shape index (κ1) is 47.2. The zero-order chi connectivity index (χ0) is 46.4. The van der Waals surface area contributed by atoms with E-state index in [-0.39, 0.29) is 23.8 Å². The van der Waals surface area contributed by atoms with Crippen LogP contribution in [0.5, 0.6) is 0 Å². The van der Waals surface area contributed by atoms with Crippen molar-refractivity contribution >= 4 is 22.7 Å². The van der Waals surface area contributed by atoms with Crippen LogP contribution in [0.15, 0.2) is 194 Å². The van der Waals surface area contributed by atoms with Crippen molar-refractivity contribution in [3.8, 4) is 0 Å². The maximum Gasteiger partial charge on any atom is 0.414 e. The maximum atomic E-state index is 14.1. The summed E-state index contributed by atoms with van der Waals surface area (Å²) in [5, 5.41) is -1.01. The molecule has 3 atom stereocenters. The highest BCUT2D eigenvalue weighted by molar-refractivity contribution is 6.76. The van der Waals surface area contributed by atoms with Crippen molar-refractivity contribution < 1.29 is 18.4 Å². The van der Waals surface area contributed by atoms with E-state index in [9.17, 15) is 4.79 Å².